The SMILES string of the molecule is NC1CN(Cc2cccc(Cl)c2F)C1. The first-order valence-electron chi connectivity index (χ1n) is 4.57. The number of nitrogens with two attached hydrogens (primary N) is 1. The summed E-state index contributed by atoms with van der Waals surface area (Å²) in [5.74, 6) is -0.311. The maximum Gasteiger partial charge on any atom is 0.146 e. The summed E-state index contributed by atoms with van der Waals surface area (Å²) in [5, 5.41) is 0.187. The highest BCUT2D eigenvalue weighted by molar-refractivity contribution is 6.30. The quantitative estimate of drug-likeness (QED) is 0.811. The smallest absolute Gasteiger partial charge is 0.146 e. The van der Waals surface area contributed by atoms with Crippen LogP contribution >= 0.6 is 11.6 Å². The highest BCUT2D eigenvalue weighted by atomic mass is 35.5. The van der Waals surface area contributed by atoms with Gasteiger partial charge in [0.2, 0.25) is 0 Å². The van der Waals surface area contributed by atoms with E-state index in [2.05, 4.69) is 4.90 Å². The molecule has 14 heavy (non-hydrogen) atoms. The molecule has 1 fully saturated rings. The molecule has 1 aliphatic rings. The van der Waals surface area contributed by atoms with Crippen LogP contribution in [0.3, 0.4) is 0 Å². The van der Waals surface area contributed by atoms with Crippen molar-refractivity contribution in [3.8, 4) is 0 Å². The van der Waals surface area contributed by atoms with Crippen molar-refractivity contribution in [3.63, 3.8) is 0 Å². The largest absolute Gasteiger partial charge is 0.325 e. The molecule has 1 aromatic carbocycles. The first-order valence-corrected chi connectivity index (χ1v) is 4.95. The number of rotatable bonds is 2. The molecule has 1 aliphatic heterocycles. The molecule has 4 heteroatoms. The lowest BCUT2D eigenvalue weighted by Crippen LogP contribution is -2.54. The summed E-state index contributed by atoms with van der Waals surface area (Å²) in [5.41, 5.74) is 6.27. The zero-order valence-electron chi connectivity index (χ0n) is 7.71. The second kappa shape index (κ2) is 3.85. The first-order chi connectivity index (χ1) is 6.66. The lowest BCUT2D eigenvalue weighted by molar-refractivity contribution is 0.140. The molecule has 2 nitrogen and oxygen atoms in total. The summed E-state index contributed by atoms with van der Waals surface area (Å²) in [7, 11) is 0. The monoisotopic (exact) mass is 214 g/mol. The maximum absolute atomic E-state index is 13.4. The van der Waals surface area contributed by atoms with Crippen LogP contribution in [0.4, 0.5) is 4.39 Å². The third-order valence-electron chi connectivity index (χ3n) is 2.41. The standard InChI is InChI=1S/C10H12ClFN2/c11-9-3-1-2-7(10(9)12)4-14-5-8(13)6-14/h1-3,8H,4-6,13H2. The van der Waals surface area contributed by atoms with Crippen LogP contribution in [0.2, 0.25) is 5.02 Å². The minimum absolute atomic E-state index is 0.187. The topological polar surface area (TPSA) is 29.3 Å². The Kier molecular flexibility index (Phi) is 2.72. The Morgan fingerprint density at radius 2 is 2.21 bits per heavy atom. The number of benzene rings is 1. The molecule has 0 unspecified atom stereocenters. The average Bonchev–Trinajstić information content (AvgIpc) is 2.10. The molecule has 1 aromatic rings. The number of likely N-dealkylation sites (tertiary alicyclic amines) is 1. The van der Waals surface area contributed by atoms with Gasteiger partial charge >= 0.3 is 0 Å². The molecule has 76 valence electrons. The summed E-state index contributed by atoms with van der Waals surface area (Å²) >= 11 is 5.67. The van der Waals surface area contributed by atoms with E-state index in [0.717, 1.165) is 13.1 Å². The normalized spacial score (nSPS) is 18.2. The van der Waals surface area contributed by atoms with E-state index in [4.69, 9.17) is 17.3 Å². The van der Waals surface area contributed by atoms with Crippen molar-refractivity contribution >= 4 is 11.6 Å². The van der Waals surface area contributed by atoms with Crippen molar-refractivity contribution in [1.29, 1.82) is 0 Å². The molecular weight excluding hydrogens is 203 g/mol. The van der Waals surface area contributed by atoms with Gasteiger partial charge < -0.3 is 5.73 Å². The second-order valence-electron chi connectivity index (χ2n) is 3.67. The van der Waals surface area contributed by atoms with Crippen molar-refractivity contribution in [2.45, 2.75) is 12.6 Å². The summed E-state index contributed by atoms with van der Waals surface area (Å²) < 4.78 is 13.4. The van der Waals surface area contributed by atoms with E-state index in [-0.39, 0.29) is 16.9 Å². The lowest BCUT2D eigenvalue weighted by Gasteiger charge is -2.36. The number of hydrogen-bond donors (Lipinski definition) is 1. The van der Waals surface area contributed by atoms with Crippen LogP contribution in [0.5, 0.6) is 0 Å². The average molecular weight is 215 g/mol. The fraction of sp³-hybridized carbons (Fsp3) is 0.400. The molecular formula is C10H12ClFN2. The number of nitrogens with zero attached hydrogens (tertiary/aromatic N) is 1. The van der Waals surface area contributed by atoms with Crippen molar-refractivity contribution in [2.24, 2.45) is 5.73 Å². The van der Waals surface area contributed by atoms with Crippen molar-refractivity contribution in [2.75, 3.05) is 13.1 Å². The van der Waals surface area contributed by atoms with Crippen molar-refractivity contribution < 1.29 is 4.39 Å². The summed E-state index contributed by atoms with van der Waals surface area (Å²) in [6.45, 7) is 2.28. The zero-order valence-corrected chi connectivity index (χ0v) is 8.47. The van der Waals surface area contributed by atoms with Gasteiger partial charge in [-0.25, -0.2) is 4.39 Å². The zero-order chi connectivity index (χ0) is 10.1. The molecule has 0 bridgehead atoms. The minimum atomic E-state index is -0.311. The van der Waals surface area contributed by atoms with Gasteiger partial charge in [0.15, 0.2) is 0 Å². The Morgan fingerprint density at radius 1 is 1.50 bits per heavy atom. The minimum Gasteiger partial charge on any atom is -0.325 e. The number of hydrogen-bond acceptors (Lipinski definition) is 2. The molecule has 1 saturated heterocycles. The molecule has 0 amide bonds. The van der Waals surface area contributed by atoms with E-state index < -0.39 is 0 Å². The van der Waals surface area contributed by atoms with Gasteiger partial charge in [-0.1, -0.05) is 23.7 Å². The van der Waals surface area contributed by atoms with Crippen molar-refractivity contribution in [1.82, 2.24) is 4.90 Å². The molecule has 2 N–H and O–H groups in total. The van der Waals surface area contributed by atoms with Gasteiger partial charge in [0.25, 0.3) is 0 Å². The molecule has 0 aromatic heterocycles. The molecule has 1 heterocycles. The maximum atomic E-state index is 13.4. The predicted molar refractivity (Wildman–Crippen MR) is 54.7 cm³/mol. The second-order valence-corrected chi connectivity index (χ2v) is 4.07. The molecule has 0 spiro atoms. The summed E-state index contributed by atoms with van der Waals surface area (Å²) in [4.78, 5) is 2.10. The molecule has 0 atom stereocenters. The van der Waals surface area contributed by atoms with E-state index in [9.17, 15) is 4.39 Å². The van der Waals surface area contributed by atoms with Crippen LogP contribution in [-0.2, 0) is 6.54 Å². The molecule has 0 saturated carbocycles. The van der Waals surface area contributed by atoms with Crippen LogP contribution in [0, 0.1) is 5.82 Å². The van der Waals surface area contributed by atoms with Gasteiger partial charge in [-0.15, -0.1) is 0 Å². The van der Waals surface area contributed by atoms with E-state index >= 15 is 0 Å². The Labute approximate surface area is 87.5 Å². The fourth-order valence-corrected chi connectivity index (χ4v) is 1.84. The number of halogens is 2. The Balaban J connectivity index is 2.06. The van der Waals surface area contributed by atoms with Crippen LogP contribution in [-0.4, -0.2) is 24.0 Å². The summed E-state index contributed by atoms with van der Waals surface area (Å²) in [6, 6.07) is 5.32. The Morgan fingerprint density at radius 3 is 2.86 bits per heavy atom. The van der Waals surface area contributed by atoms with Gasteiger partial charge in [0, 0.05) is 31.2 Å². The van der Waals surface area contributed by atoms with E-state index in [1.54, 1.807) is 18.2 Å². The summed E-state index contributed by atoms with van der Waals surface area (Å²) in [6.07, 6.45) is 0. The third-order valence-corrected chi connectivity index (χ3v) is 2.70. The van der Waals surface area contributed by atoms with Gasteiger partial charge in [0.05, 0.1) is 5.02 Å². The van der Waals surface area contributed by atoms with Crippen LogP contribution in [0.1, 0.15) is 5.56 Å². The Hall–Kier alpha value is -0.640. The van der Waals surface area contributed by atoms with Gasteiger partial charge in [-0.2, -0.15) is 0 Å². The van der Waals surface area contributed by atoms with Gasteiger partial charge in [-0.3, -0.25) is 4.90 Å². The third kappa shape index (κ3) is 1.90. The van der Waals surface area contributed by atoms with E-state index in [1.807, 2.05) is 0 Å². The van der Waals surface area contributed by atoms with E-state index in [1.165, 1.54) is 0 Å². The van der Waals surface area contributed by atoms with Crippen molar-refractivity contribution in [3.05, 3.63) is 34.6 Å². The van der Waals surface area contributed by atoms with Gasteiger partial charge in [0.1, 0.15) is 5.82 Å². The fourth-order valence-electron chi connectivity index (χ4n) is 1.65. The molecule has 0 aliphatic carbocycles. The molecule has 0 radical (unpaired) electrons. The Bertz CT molecular complexity index is 337. The van der Waals surface area contributed by atoms with E-state index in [0.29, 0.717) is 12.1 Å². The van der Waals surface area contributed by atoms with Crippen LogP contribution < -0.4 is 5.73 Å². The van der Waals surface area contributed by atoms with Crippen LogP contribution in [0.25, 0.3) is 0 Å². The first kappa shape index (κ1) is 9.90. The predicted octanol–water partition coefficient (Wildman–Crippen LogP) is 1.62. The van der Waals surface area contributed by atoms with Gasteiger partial charge in [-0.05, 0) is 6.07 Å². The highest BCUT2D eigenvalue weighted by Gasteiger charge is 2.23. The van der Waals surface area contributed by atoms with Crippen LogP contribution in [0.15, 0.2) is 18.2 Å². The molecule has 2 rings (SSSR count). The highest BCUT2D eigenvalue weighted by Crippen LogP contribution is 2.20. The lowest BCUT2D eigenvalue weighted by atomic mass is 10.1.